The molecule has 6 heteroatoms. The monoisotopic (exact) mass is 533 g/mol. The van der Waals surface area contributed by atoms with Gasteiger partial charge in [-0.3, -0.25) is 0 Å². The Bertz CT molecular complexity index is 2380. The molecule has 0 amide bonds. The first-order chi connectivity index (χ1) is 18.0. The molecule has 0 saturated carbocycles. The number of fused-ring (bicyclic) bond motifs is 13. The van der Waals surface area contributed by atoms with Crippen LogP contribution in [0.3, 0.4) is 0 Å². The third-order valence-electron chi connectivity index (χ3n) is 7.44. The van der Waals surface area contributed by atoms with Gasteiger partial charge in [0.2, 0.25) is 0 Å². The van der Waals surface area contributed by atoms with Crippen molar-refractivity contribution in [3.8, 4) is 5.69 Å². The summed E-state index contributed by atoms with van der Waals surface area (Å²) in [6.45, 7) is 6.43. The molecule has 37 heavy (non-hydrogen) atoms. The number of hydrogen-bond donors (Lipinski definition) is 0. The molecule has 0 unspecified atom stereocenters. The quantitative estimate of drug-likeness (QED) is 0.210. The summed E-state index contributed by atoms with van der Waals surface area (Å²) in [5, 5.41) is 2.56. The van der Waals surface area contributed by atoms with Crippen LogP contribution in [0.25, 0.3) is 78.0 Å². The fourth-order valence-corrected chi connectivity index (χ4v) is 9.59. The highest BCUT2D eigenvalue weighted by Gasteiger charge is 2.27. The zero-order chi connectivity index (χ0) is 24.6. The van der Waals surface area contributed by atoms with E-state index in [1.807, 2.05) is 11.3 Å². The first-order valence-electron chi connectivity index (χ1n) is 12.3. The topological polar surface area (TPSA) is 31.2 Å². The predicted molar refractivity (Wildman–Crippen MR) is 161 cm³/mol. The summed E-state index contributed by atoms with van der Waals surface area (Å²) < 4.78 is 23.0. The highest BCUT2D eigenvalue weighted by molar-refractivity contribution is 7.37. The van der Waals surface area contributed by atoms with Gasteiger partial charge in [0, 0.05) is 21.2 Å². The Kier molecular flexibility index (Phi) is 3.78. The van der Waals surface area contributed by atoms with Gasteiger partial charge in [-0.05, 0) is 56.2 Å². The number of rotatable bonds is 1. The Morgan fingerprint density at radius 3 is 2.00 bits per heavy atom. The standard InChI is InChI=1S/C31H19NO2S3/c1-14-4-8-17(9-5-14)32-20-12-15(2)6-10-18(20)27-22(32)23-29(36-27)24-25(33-23)30-26(34-24)31-28(37-30)19-11-7-16(3)13-21(19)35-31/h4-13H,1-3H3. The molecule has 3 nitrogen and oxygen atoms in total. The van der Waals surface area contributed by atoms with E-state index >= 15 is 0 Å². The smallest absolute Gasteiger partial charge is 0.192 e. The molecule has 6 aromatic heterocycles. The molecule has 0 radical (unpaired) electrons. The number of nitrogens with zero attached hydrogens (tertiary/aromatic N) is 1. The maximum absolute atomic E-state index is 6.75. The molecule has 0 aliphatic rings. The third-order valence-corrected chi connectivity index (χ3v) is 11.1. The summed E-state index contributed by atoms with van der Waals surface area (Å²) in [6.07, 6.45) is 0. The van der Waals surface area contributed by atoms with Gasteiger partial charge in [-0.2, -0.15) is 0 Å². The maximum Gasteiger partial charge on any atom is 0.192 e. The minimum absolute atomic E-state index is 0.878. The molecule has 0 bridgehead atoms. The molecule has 0 atom stereocenters. The van der Waals surface area contributed by atoms with Crippen LogP contribution in [-0.2, 0) is 0 Å². The van der Waals surface area contributed by atoms with Gasteiger partial charge in [0.15, 0.2) is 22.3 Å². The molecule has 178 valence electrons. The van der Waals surface area contributed by atoms with Crippen LogP contribution < -0.4 is 0 Å². The summed E-state index contributed by atoms with van der Waals surface area (Å²) in [5.74, 6) is 0. The van der Waals surface area contributed by atoms with Gasteiger partial charge < -0.3 is 13.4 Å². The van der Waals surface area contributed by atoms with Crippen LogP contribution in [0.2, 0.25) is 0 Å². The average Bonchev–Trinajstić information content (AvgIpc) is 3.67. The van der Waals surface area contributed by atoms with E-state index in [9.17, 15) is 0 Å². The molecular formula is C31H19NO2S3. The van der Waals surface area contributed by atoms with E-state index in [0.717, 1.165) is 42.9 Å². The second-order valence-corrected chi connectivity index (χ2v) is 13.1. The van der Waals surface area contributed by atoms with Gasteiger partial charge in [-0.1, -0.05) is 42.0 Å². The molecule has 9 aromatic rings. The minimum atomic E-state index is 0.878. The highest BCUT2D eigenvalue weighted by atomic mass is 32.1. The van der Waals surface area contributed by atoms with E-state index in [2.05, 4.69) is 86.0 Å². The number of furan rings is 2. The van der Waals surface area contributed by atoms with Gasteiger partial charge in [-0.25, -0.2) is 0 Å². The summed E-state index contributed by atoms with van der Waals surface area (Å²) in [5.41, 5.74) is 10.9. The van der Waals surface area contributed by atoms with Crippen molar-refractivity contribution in [2.24, 2.45) is 0 Å². The summed E-state index contributed by atoms with van der Waals surface area (Å²) >= 11 is 5.40. The Balaban J connectivity index is 1.41. The van der Waals surface area contributed by atoms with Crippen LogP contribution in [0.5, 0.6) is 0 Å². The van der Waals surface area contributed by atoms with E-state index in [0.29, 0.717) is 0 Å². The summed E-state index contributed by atoms with van der Waals surface area (Å²) in [7, 11) is 0. The Morgan fingerprint density at radius 2 is 1.19 bits per heavy atom. The first kappa shape index (κ1) is 20.5. The fraction of sp³-hybridized carbons (Fsp3) is 0.0968. The lowest BCUT2D eigenvalue weighted by Gasteiger charge is -2.08. The van der Waals surface area contributed by atoms with E-state index in [1.165, 1.54) is 51.8 Å². The number of aromatic nitrogens is 1. The molecule has 0 aliphatic heterocycles. The Hall–Kier alpha value is -3.58. The van der Waals surface area contributed by atoms with Crippen LogP contribution in [0.1, 0.15) is 16.7 Å². The van der Waals surface area contributed by atoms with E-state index in [4.69, 9.17) is 8.83 Å². The van der Waals surface area contributed by atoms with Crippen molar-refractivity contribution in [1.82, 2.24) is 4.57 Å². The number of thiophene rings is 3. The molecule has 0 fully saturated rings. The van der Waals surface area contributed by atoms with Crippen LogP contribution in [0, 0.1) is 20.8 Å². The molecule has 6 heterocycles. The molecule has 0 saturated heterocycles. The van der Waals surface area contributed by atoms with Gasteiger partial charge >= 0.3 is 0 Å². The predicted octanol–water partition coefficient (Wildman–Crippen LogP) is 10.8. The van der Waals surface area contributed by atoms with Crippen molar-refractivity contribution in [2.75, 3.05) is 0 Å². The van der Waals surface area contributed by atoms with Gasteiger partial charge in [0.05, 0.1) is 19.6 Å². The van der Waals surface area contributed by atoms with E-state index in [1.54, 1.807) is 22.7 Å². The lowest BCUT2D eigenvalue weighted by atomic mass is 10.2. The first-order valence-corrected chi connectivity index (χ1v) is 14.7. The van der Waals surface area contributed by atoms with Crippen LogP contribution in [0.4, 0.5) is 0 Å². The maximum atomic E-state index is 6.75. The lowest BCUT2D eigenvalue weighted by molar-refractivity contribution is 0.656. The molecule has 0 aliphatic carbocycles. The van der Waals surface area contributed by atoms with Crippen molar-refractivity contribution in [1.29, 1.82) is 0 Å². The molecule has 9 rings (SSSR count). The number of benzene rings is 3. The zero-order valence-corrected chi connectivity index (χ0v) is 22.7. The summed E-state index contributed by atoms with van der Waals surface area (Å²) in [4.78, 5) is 0. The highest BCUT2D eigenvalue weighted by Crippen LogP contribution is 2.52. The van der Waals surface area contributed by atoms with Crippen molar-refractivity contribution >= 4 is 106 Å². The van der Waals surface area contributed by atoms with Crippen molar-refractivity contribution < 1.29 is 8.83 Å². The molecule has 0 spiro atoms. The van der Waals surface area contributed by atoms with Crippen molar-refractivity contribution in [2.45, 2.75) is 20.8 Å². The van der Waals surface area contributed by atoms with E-state index < -0.39 is 0 Å². The zero-order valence-electron chi connectivity index (χ0n) is 20.3. The van der Waals surface area contributed by atoms with Crippen LogP contribution in [-0.4, -0.2) is 4.57 Å². The van der Waals surface area contributed by atoms with Gasteiger partial charge in [-0.15, -0.1) is 34.0 Å². The lowest BCUT2D eigenvalue weighted by Crippen LogP contribution is -1.93. The number of hydrogen-bond acceptors (Lipinski definition) is 5. The van der Waals surface area contributed by atoms with E-state index in [-0.39, 0.29) is 0 Å². The molecule has 3 aromatic carbocycles. The van der Waals surface area contributed by atoms with Gasteiger partial charge in [0.1, 0.15) is 14.9 Å². The SMILES string of the molecule is Cc1ccc(-n2c3cc(C)ccc3c3sc4c5oc6c(sc7c8ccc(C)cc8sc67)c5oc4c32)cc1. The second-order valence-electron chi connectivity index (χ2n) is 10.0. The van der Waals surface area contributed by atoms with Gasteiger partial charge in [0.25, 0.3) is 0 Å². The van der Waals surface area contributed by atoms with Crippen molar-refractivity contribution in [3.63, 3.8) is 0 Å². The van der Waals surface area contributed by atoms with Crippen LogP contribution in [0.15, 0.2) is 69.5 Å². The normalized spacial score (nSPS) is 12.7. The fourth-order valence-electron chi connectivity index (χ4n) is 5.66. The number of aryl methyl sites for hydroxylation is 3. The molecular weight excluding hydrogens is 515 g/mol. The Labute approximate surface area is 222 Å². The Morgan fingerprint density at radius 1 is 0.541 bits per heavy atom. The summed E-state index contributed by atoms with van der Waals surface area (Å²) in [6, 6.07) is 22.2. The third kappa shape index (κ3) is 2.55. The van der Waals surface area contributed by atoms with Crippen molar-refractivity contribution in [3.05, 3.63) is 77.4 Å². The second kappa shape index (κ2) is 6.84. The molecule has 0 N–H and O–H groups in total. The largest absolute Gasteiger partial charge is 0.449 e. The van der Waals surface area contributed by atoms with Crippen LogP contribution >= 0.6 is 34.0 Å². The average molecular weight is 534 g/mol. The minimum Gasteiger partial charge on any atom is -0.449 e.